The van der Waals surface area contributed by atoms with Crippen molar-refractivity contribution in [1.29, 1.82) is 0 Å². The number of rotatable bonds is 6. The summed E-state index contributed by atoms with van der Waals surface area (Å²) in [5.41, 5.74) is 2.79. The zero-order valence-corrected chi connectivity index (χ0v) is 18.0. The summed E-state index contributed by atoms with van der Waals surface area (Å²) < 4.78 is 8.15. The third kappa shape index (κ3) is 3.63. The van der Waals surface area contributed by atoms with Gasteiger partial charge in [-0.1, -0.05) is 18.2 Å². The van der Waals surface area contributed by atoms with E-state index in [9.17, 15) is 9.59 Å². The first-order chi connectivity index (χ1) is 15.6. The van der Waals surface area contributed by atoms with Crippen LogP contribution in [0.4, 0.5) is 0 Å². The third-order valence-corrected chi connectivity index (χ3v) is 6.05. The Morgan fingerprint density at radius 1 is 1.12 bits per heavy atom. The van der Waals surface area contributed by atoms with Gasteiger partial charge in [0.15, 0.2) is 5.65 Å². The molecule has 0 fully saturated rings. The molecule has 4 heterocycles. The summed E-state index contributed by atoms with van der Waals surface area (Å²) in [5.74, 6) is 0.483. The molecule has 0 spiro atoms. The molecule has 0 saturated heterocycles. The number of fused-ring (bicyclic) bond motifs is 3. The van der Waals surface area contributed by atoms with Gasteiger partial charge in [0.1, 0.15) is 23.5 Å². The summed E-state index contributed by atoms with van der Waals surface area (Å²) in [6.07, 6.45) is 1.65. The summed E-state index contributed by atoms with van der Waals surface area (Å²) in [6, 6.07) is 16.6. The molecule has 1 N–H and O–H groups in total. The van der Waals surface area contributed by atoms with Crippen molar-refractivity contribution in [2.24, 2.45) is 0 Å². The monoisotopic (exact) mass is 445 g/mol. The Morgan fingerprint density at radius 3 is 2.72 bits per heavy atom. The summed E-state index contributed by atoms with van der Waals surface area (Å²) in [7, 11) is 1.61. The minimum Gasteiger partial charge on any atom is -0.497 e. The highest BCUT2D eigenvalue weighted by molar-refractivity contribution is 7.13. The molecule has 4 aromatic heterocycles. The van der Waals surface area contributed by atoms with E-state index >= 15 is 0 Å². The molecule has 5 aromatic rings. The Balaban J connectivity index is 1.47. The molecular weight excluding hydrogens is 426 g/mol. The molecule has 0 bridgehead atoms. The third-order valence-electron chi connectivity index (χ3n) is 5.16. The van der Waals surface area contributed by atoms with Crippen LogP contribution in [-0.2, 0) is 17.9 Å². The van der Waals surface area contributed by atoms with Gasteiger partial charge in [0.25, 0.3) is 5.56 Å². The maximum absolute atomic E-state index is 13.3. The topological polar surface area (TPSA) is 90.5 Å². The highest BCUT2D eigenvalue weighted by Crippen LogP contribution is 2.25. The van der Waals surface area contributed by atoms with E-state index < -0.39 is 0 Å². The lowest BCUT2D eigenvalue weighted by Gasteiger charge is -2.11. The van der Waals surface area contributed by atoms with Crippen LogP contribution in [-0.4, -0.2) is 32.2 Å². The SMILES string of the molecule is COc1ccc(CNC(=O)Cn2c(=O)c3cc(-c4cccs4)nn3c3ncccc32)cc1. The van der Waals surface area contributed by atoms with E-state index in [0.717, 1.165) is 16.2 Å². The van der Waals surface area contributed by atoms with Crippen molar-refractivity contribution in [2.45, 2.75) is 13.1 Å². The van der Waals surface area contributed by atoms with E-state index in [1.807, 2.05) is 41.8 Å². The van der Waals surface area contributed by atoms with E-state index in [1.54, 1.807) is 47.4 Å². The van der Waals surface area contributed by atoms with Crippen molar-refractivity contribution in [3.05, 3.63) is 82.1 Å². The summed E-state index contributed by atoms with van der Waals surface area (Å²) in [4.78, 5) is 31.4. The van der Waals surface area contributed by atoms with Gasteiger partial charge in [-0.25, -0.2) is 9.50 Å². The fourth-order valence-electron chi connectivity index (χ4n) is 3.55. The van der Waals surface area contributed by atoms with Gasteiger partial charge in [0, 0.05) is 12.7 Å². The molecule has 0 aliphatic heterocycles. The minimum absolute atomic E-state index is 0.118. The van der Waals surface area contributed by atoms with Crippen LogP contribution < -0.4 is 15.6 Å². The number of thiophene rings is 1. The van der Waals surface area contributed by atoms with Crippen LogP contribution in [0, 0.1) is 0 Å². The first kappa shape index (κ1) is 20.0. The van der Waals surface area contributed by atoms with Gasteiger partial charge in [0.05, 0.1) is 17.5 Å². The fourth-order valence-corrected chi connectivity index (χ4v) is 4.23. The lowest BCUT2D eigenvalue weighted by Crippen LogP contribution is -2.33. The lowest BCUT2D eigenvalue weighted by atomic mass is 10.2. The normalized spacial score (nSPS) is 11.2. The van der Waals surface area contributed by atoms with E-state index in [4.69, 9.17) is 4.74 Å². The number of hydrogen-bond donors (Lipinski definition) is 1. The van der Waals surface area contributed by atoms with Crippen LogP contribution >= 0.6 is 11.3 Å². The van der Waals surface area contributed by atoms with E-state index in [2.05, 4.69) is 15.4 Å². The van der Waals surface area contributed by atoms with Gasteiger partial charge >= 0.3 is 0 Å². The maximum Gasteiger partial charge on any atom is 0.277 e. The summed E-state index contributed by atoms with van der Waals surface area (Å²) in [5, 5.41) is 9.43. The Kier molecular flexibility index (Phi) is 5.16. The quantitative estimate of drug-likeness (QED) is 0.434. The highest BCUT2D eigenvalue weighted by atomic mass is 32.1. The molecule has 0 aliphatic rings. The number of hydrogen-bond acceptors (Lipinski definition) is 6. The number of nitrogens with zero attached hydrogens (tertiary/aromatic N) is 4. The van der Waals surface area contributed by atoms with E-state index in [0.29, 0.717) is 28.9 Å². The van der Waals surface area contributed by atoms with Gasteiger partial charge < -0.3 is 10.1 Å². The molecule has 0 unspecified atom stereocenters. The first-order valence-corrected chi connectivity index (χ1v) is 10.8. The summed E-state index contributed by atoms with van der Waals surface area (Å²) in [6.45, 7) is 0.235. The van der Waals surface area contributed by atoms with Crippen molar-refractivity contribution in [3.8, 4) is 16.3 Å². The Labute approximate surface area is 186 Å². The van der Waals surface area contributed by atoms with Gasteiger partial charge in [-0.3, -0.25) is 14.2 Å². The standard InChI is InChI=1S/C23H19N5O3S/c1-31-16-8-6-15(7-9-16)13-25-21(29)14-27-18-4-2-10-24-22(18)28-19(23(27)30)12-17(26-28)20-5-3-11-32-20/h2-12H,13-14H2,1H3,(H,25,29). The largest absolute Gasteiger partial charge is 0.497 e. The van der Waals surface area contributed by atoms with Crippen LogP contribution in [0.2, 0.25) is 0 Å². The Bertz CT molecular complexity index is 1470. The van der Waals surface area contributed by atoms with Gasteiger partial charge in [0.2, 0.25) is 5.91 Å². The average molecular weight is 446 g/mol. The predicted molar refractivity (Wildman–Crippen MR) is 123 cm³/mol. The zero-order chi connectivity index (χ0) is 22.1. The molecule has 1 aromatic carbocycles. The van der Waals surface area contributed by atoms with Crippen LogP contribution in [0.1, 0.15) is 5.56 Å². The second-order valence-electron chi connectivity index (χ2n) is 7.17. The number of aromatic nitrogens is 4. The van der Waals surface area contributed by atoms with Crippen molar-refractivity contribution in [2.75, 3.05) is 7.11 Å². The smallest absolute Gasteiger partial charge is 0.277 e. The van der Waals surface area contributed by atoms with Crippen LogP contribution in [0.25, 0.3) is 27.3 Å². The first-order valence-electron chi connectivity index (χ1n) is 9.95. The number of carbonyl (C=O) groups excluding carboxylic acids is 1. The molecule has 32 heavy (non-hydrogen) atoms. The van der Waals surface area contributed by atoms with Crippen molar-refractivity contribution < 1.29 is 9.53 Å². The fraction of sp³-hybridized carbons (Fsp3) is 0.130. The van der Waals surface area contributed by atoms with E-state index in [-0.39, 0.29) is 18.0 Å². The number of ether oxygens (including phenoxy) is 1. The van der Waals surface area contributed by atoms with Crippen LogP contribution in [0.3, 0.4) is 0 Å². The molecule has 9 heteroatoms. The minimum atomic E-state index is -0.291. The van der Waals surface area contributed by atoms with Crippen molar-refractivity contribution >= 4 is 33.9 Å². The molecule has 0 atom stereocenters. The molecule has 5 rings (SSSR count). The number of pyridine rings is 1. The number of amides is 1. The molecular formula is C23H19N5O3S. The molecule has 8 nitrogen and oxygen atoms in total. The molecule has 160 valence electrons. The molecule has 0 aliphatic carbocycles. The zero-order valence-electron chi connectivity index (χ0n) is 17.2. The maximum atomic E-state index is 13.3. The van der Waals surface area contributed by atoms with Gasteiger partial charge in [-0.15, -0.1) is 11.3 Å². The van der Waals surface area contributed by atoms with Crippen molar-refractivity contribution in [3.63, 3.8) is 0 Å². The van der Waals surface area contributed by atoms with E-state index in [1.165, 1.54) is 4.57 Å². The highest BCUT2D eigenvalue weighted by Gasteiger charge is 2.17. The van der Waals surface area contributed by atoms with Crippen LogP contribution in [0.15, 0.2) is 71.0 Å². The number of methoxy groups -OCH3 is 1. The number of benzene rings is 1. The van der Waals surface area contributed by atoms with Gasteiger partial charge in [-0.05, 0) is 47.3 Å². The number of nitrogens with one attached hydrogen (secondary N) is 1. The molecule has 1 amide bonds. The Hall–Kier alpha value is -3.98. The van der Waals surface area contributed by atoms with Crippen LogP contribution in [0.5, 0.6) is 5.75 Å². The molecule has 0 saturated carbocycles. The average Bonchev–Trinajstić information content (AvgIpc) is 3.51. The Morgan fingerprint density at radius 2 is 1.97 bits per heavy atom. The van der Waals surface area contributed by atoms with Crippen molar-refractivity contribution in [1.82, 2.24) is 24.5 Å². The second kappa shape index (κ2) is 8.27. The second-order valence-corrected chi connectivity index (χ2v) is 8.11. The predicted octanol–water partition coefficient (Wildman–Crippen LogP) is 3.10. The molecule has 0 radical (unpaired) electrons. The van der Waals surface area contributed by atoms with Gasteiger partial charge in [-0.2, -0.15) is 5.10 Å². The lowest BCUT2D eigenvalue weighted by molar-refractivity contribution is -0.121. The number of carbonyl (C=O) groups is 1. The summed E-state index contributed by atoms with van der Waals surface area (Å²) >= 11 is 1.55.